The van der Waals surface area contributed by atoms with Gasteiger partial charge in [-0.25, -0.2) is 0 Å². The van der Waals surface area contributed by atoms with Crippen molar-refractivity contribution in [3.05, 3.63) is 11.6 Å². The molecule has 0 atom stereocenters. The SMILES string of the molecule is Cc1nnc(C(C)(C)N)n1C1CCCC1. The summed E-state index contributed by atoms with van der Waals surface area (Å²) in [5, 5.41) is 8.38. The quantitative estimate of drug-likeness (QED) is 0.807. The summed E-state index contributed by atoms with van der Waals surface area (Å²) in [5.41, 5.74) is 5.72. The molecule has 84 valence electrons. The Balaban J connectivity index is 2.39. The van der Waals surface area contributed by atoms with Crippen LogP contribution in [0.1, 0.15) is 57.2 Å². The van der Waals surface area contributed by atoms with Gasteiger partial charge in [-0.3, -0.25) is 0 Å². The minimum Gasteiger partial charge on any atom is -0.319 e. The van der Waals surface area contributed by atoms with E-state index in [1.807, 2.05) is 20.8 Å². The fourth-order valence-corrected chi connectivity index (χ4v) is 2.41. The van der Waals surface area contributed by atoms with E-state index in [-0.39, 0.29) is 0 Å². The van der Waals surface area contributed by atoms with Crippen molar-refractivity contribution in [2.45, 2.75) is 58.0 Å². The number of hydrogen-bond acceptors (Lipinski definition) is 3. The van der Waals surface area contributed by atoms with Crippen molar-refractivity contribution >= 4 is 0 Å². The molecule has 1 heterocycles. The van der Waals surface area contributed by atoms with Gasteiger partial charge in [-0.1, -0.05) is 12.8 Å². The van der Waals surface area contributed by atoms with E-state index < -0.39 is 5.54 Å². The molecule has 0 saturated heterocycles. The molecule has 0 unspecified atom stereocenters. The summed E-state index contributed by atoms with van der Waals surface area (Å²) in [6.07, 6.45) is 5.10. The lowest BCUT2D eigenvalue weighted by atomic mass is 10.1. The highest BCUT2D eigenvalue weighted by molar-refractivity contribution is 5.07. The van der Waals surface area contributed by atoms with E-state index in [1.165, 1.54) is 25.7 Å². The van der Waals surface area contributed by atoms with Gasteiger partial charge in [0.15, 0.2) is 5.82 Å². The molecule has 1 aliphatic carbocycles. The van der Waals surface area contributed by atoms with Crippen LogP contribution in [0.3, 0.4) is 0 Å². The first-order valence-corrected chi connectivity index (χ1v) is 5.71. The average Bonchev–Trinajstić information content (AvgIpc) is 2.69. The number of nitrogens with zero attached hydrogens (tertiary/aromatic N) is 3. The van der Waals surface area contributed by atoms with Crippen LogP contribution in [-0.2, 0) is 5.54 Å². The van der Waals surface area contributed by atoms with Crippen LogP contribution in [0.4, 0.5) is 0 Å². The molecule has 0 bridgehead atoms. The van der Waals surface area contributed by atoms with Crippen molar-refractivity contribution in [3.8, 4) is 0 Å². The van der Waals surface area contributed by atoms with Gasteiger partial charge in [-0.05, 0) is 33.6 Å². The topological polar surface area (TPSA) is 56.7 Å². The lowest BCUT2D eigenvalue weighted by Crippen LogP contribution is -2.33. The predicted molar refractivity (Wildman–Crippen MR) is 59.5 cm³/mol. The van der Waals surface area contributed by atoms with Gasteiger partial charge in [0.05, 0.1) is 5.54 Å². The van der Waals surface area contributed by atoms with Crippen molar-refractivity contribution in [1.82, 2.24) is 14.8 Å². The van der Waals surface area contributed by atoms with Crippen LogP contribution in [-0.4, -0.2) is 14.8 Å². The fourth-order valence-electron chi connectivity index (χ4n) is 2.41. The smallest absolute Gasteiger partial charge is 0.152 e. The summed E-state index contributed by atoms with van der Waals surface area (Å²) in [6.45, 7) is 5.99. The maximum atomic E-state index is 6.12. The Morgan fingerprint density at radius 3 is 2.40 bits per heavy atom. The van der Waals surface area contributed by atoms with Crippen molar-refractivity contribution in [2.24, 2.45) is 5.73 Å². The Labute approximate surface area is 90.9 Å². The molecule has 15 heavy (non-hydrogen) atoms. The lowest BCUT2D eigenvalue weighted by Gasteiger charge is -2.23. The molecule has 1 saturated carbocycles. The minimum atomic E-state index is -0.399. The van der Waals surface area contributed by atoms with Gasteiger partial charge in [-0.15, -0.1) is 10.2 Å². The minimum absolute atomic E-state index is 0.399. The molecule has 4 nitrogen and oxygen atoms in total. The van der Waals surface area contributed by atoms with E-state index in [4.69, 9.17) is 5.73 Å². The number of hydrogen-bond donors (Lipinski definition) is 1. The van der Waals surface area contributed by atoms with Crippen LogP contribution < -0.4 is 5.73 Å². The van der Waals surface area contributed by atoms with Crippen LogP contribution in [0.5, 0.6) is 0 Å². The van der Waals surface area contributed by atoms with Crippen molar-refractivity contribution < 1.29 is 0 Å². The summed E-state index contributed by atoms with van der Waals surface area (Å²) in [6, 6.07) is 0.567. The first kappa shape index (κ1) is 10.6. The molecular weight excluding hydrogens is 188 g/mol. The Morgan fingerprint density at radius 1 is 1.27 bits per heavy atom. The van der Waals surface area contributed by atoms with Crippen LogP contribution in [0.25, 0.3) is 0 Å². The van der Waals surface area contributed by atoms with Gasteiger partial charge in [0.1, 0.15) is 5.82 Å². The summed E-state index contributed by atoms with van der Waals surface area (Å²) in [7, 11) is 0. The zero-order valence-corrected chi connectivity index (χ0v) is 9.82. The Bertz CT molecular complexity index is 342. The molecule has 1 aromatic rings. The summed E-state index contributed by atoms with van der Waals surface area (Å²) < 4.78 is 2.24. The normalized spacial score (nSPS) is 18.7. The third kappa shape index (κ3) is 1.91. The van der Waals surface area contributed by atoms with Gasteiger partial charge >= 0.3 is 0 Å². The van der Waals surface area contributed by atoms with E-state index >= 15 is 0 Å². The highest BCUT2D eigenvalue weighted by Gasteiger charge is 2.28. The van der Waals surface area contributed by atoms with Crippen molar-refractivity contribution in [3.63, 3.8) is 0 Å². The van der Waals surface area contributed by atoms with Gasteiger partial charge in [0.25, 0.3) is 0 Å². The fraction of sp³-hybridized carbons (Fsp3) is 0.818. The molecule has 2 N–H and O–H groups in total. The number of nitrogens with two attached hydrogens (primary N) is 1. The molecule has 0 aliphatic heterocycles. The molecule has 0 amide bonds. The highest BCUT2D eigenvalue weighted by Crippen LogP contribution is 2.32. The Hall–Kier alpha value is -0.900. The third-order valence-corrected chi connectivity index (χ3v) is 3.13. The molecule has 0 aromatic carbocycles. The summed E-state index contributed by atoms with van der Waals surface area (Å²) in [4.78, 5) is 0. The highest BCUT2D eigenvalue weighted by atomic mass is 15.3. The zero-order valence-electron chi connectivity index (χ0n) is 9.82. The standard InChI is InChI=1S/C11H20N4/c1-8-13-14-10(11(2,3)12)15(8)9-6-4-5-7-9/h9H,4-7,12H2,1-3H3. The van der Waals surface area contributed by atoms with E-state index in [0.29, 0.717) is 6.04 Å². The maximum Gasteiger partial charge on any atom is 0.152 e. The maximum absolute atomic E-state index is 6.12. The molecule has 1 fully saturated rings. The molecule has 4 heteroatoms. The van der Waals surface area contributed by atoms with E-state index in [0.717, 1.165) is 11.6 Å². The second-order valence-corrected chi connectivity index (χ2v) is 5.10. The first-order valence-electron chi connectivity index (χ1n) is 5.71. The third-order valence-electron chi connectivity index (χ3n) is 3.13. The Kier molecular flexibility index (Phi) is 2.54. The number of aryl methyl sites for hydroxylation is 1. The predicted octanol–water partition coefficient (Wildman–Crippen LogP) is 1.90. The van der Waals surface area contributed by atoms with Crippen molar-refractivity contribution in [1.29, 1.82) is 0 Å². The monoisotopic (exact) mass is 208 g/mol. The summed E-state index contributed by atoms with van der Waals surface area (Å²) in [5.74, 6) is 1.92. The molecular formula is C11H20N4. The second-order valence-electron chi connectivity index (χ2n) is 5.10. The molecule has 1 aromatic heterocycles. The van der Waals surface area contributed by atoms with Crippen molar-refractivity contribution in [2.75, 3.05) is 0 Å². The van der Waals surface area contributed by atoms with Gasteiger partial charge in [-0.2, -0.15) is 0 Å². The van der Waals surface area contributed by atoms with E-state index in [2.05, 4.69) is 14.8 Å². The number of aromatic nitrogens is 3. The van der Waals surface area contributed by atoms with E-state index in [1.54, 1.807) is 0 Å². The van der Waals surface area contributed by atoms with Crippen LogP contribution in [0.15, 0.2) is 0 Å². The molecule has 2 rings (SSSR count). The van der Waals surface area contributed by atoms with E-state index in [9.17, 15) is 0 Å². The number of rotatable bonds is 2. The van der Waals surface area contributed by atoms with Crippen LogP contribution >= 0.6 is 0 Å². The first-order chi connectivity index (χ1) is 7.00. The van der Waals surface area contributed by atoms with Crippen LogP contribution in [0.2, 0.25) is 0 Å². The van der Waals surface area contributed by atoms with Gasteiger partial charge < -0.3 is 10.3 Å². The Morgan fingerprint density at radius 2 is 1.87 bits per heavy atom. The lowest BCUT2D eigenvalue weighted by molar-refractivity contribution is 0.419. The molecule has 0 spiro atoms. The second kappa shape index (κ2) is 3.59. The largest absolute Gasteiger partial charge is 0.319 e. The van der Waals surface area contributed by atoms with Crippen LogP contribution in [0, 0.1) is 6.92 Å². The molecule has 1 aliphatic rings. The van der Waals surface area contributed by atoms with Gasteiger partial charge in [0.2, 0.25) is 0 Å². The molecule has 0 radical (unpaired) electrons. The average molecular weight is 208 g/mol. The van der Waals surface area contributed by atoms with Gasteiger partial charge in [0, 0.05) is 6.04 Å². The zero-order chi connectivity index (χ0) is 11.1. The summed E-state index contributed by atoms with van der Waals surface area (Å²) >= 11 is 0.